The van der Waals surface area contributed by atoms with Crippen molar-refractivity contribution in [3.63, 3.8) is 0 Å². The molecule has 1 saturated heterocycles. The average molecular weight is 235 g/mol. The smallest absolute Gasteiger partial charge is 0.269 e. The fourth-order valence-corrected chi connectivity index (χ4v) is 1.78. The number of benzene rings is 1. The summed E-state index contributed by atoms with van der Waals surface area (Å²) in [5, 5.41) is 16.5. The van der Waals surface area contributed by atoms with Crippen molar-refractivity contribution in [1.82, 2.24) is 10.6 Å². The Bertz CT molecular complexity index is 424. The Morgan fingerprint density at radius 3 is 2.65 bits per heavy atom. The lowest BCUT2D eigenvalue weighted by atomic mass is 10.1. The van der Waals surface area contributed by atoms with Crippen molar-refractivity contribution in [1.29, 1.82) is 0 Å². The zero-order valence-electron chi connectivity index (χ0n) is 9.18. The Morgan fingerprint density at radius 1 is 1.41 bits per heavy atom. The van der Waals surface area contributed by atoms with Gasteiger partial charge in [0.2, 0.25) is 0 Å². The standard InChI is InChI=1S/C11H13N3O3/c15-11(13-9-5-6-12-7-9)8-1-3-10(4-2-8)14(16)17/h1-4,9,12H,5-7H2,(H,13,15)/t9-/m1/s1. The number of non-ortho nitro benzene ring substituents is 1. The first-order valence-electron chi connectivity index (χ1n) is 5.43. The fraction of sp³-hybridized carbons (Fsp3) is 0.364. The Balaban J connectivity index is 2.01. The van der Waals surface area contributed by atoms with E-state index >= 15 is 0 Å². The molecule has 1 amide bonds. The molecule has 0 saturated carbocycles. The second kappa shape index (κ2) is 4.92. The molecule has 6 heteroatoms. The largest absolute Gasteiger partial charge is 0.348 e. The number of nitrogens with one attached hydrogen (secondary N) is 2. The third kappa shape index (κ3) is 2.79. The van der Waals surface area contributed by atoms with Gasteiger partial charge in [0.15, 0.2) is 0 Å². The van der Waals surface area contributed by atoms with Crippen molar-refractivity contribution >= 4 is 11.6 Å². The summed E-state index contributed by atoms with van der Waals surface area (Å²) in [5.74, 6) is -0.186. The molecule has 0 spiro atoms. The number of carbonyl (C=O) groups is 1. The summed E-state index contributed by atoms with van der Waals surface area (Å²) < 4.78 is 0. The summed E-state index contributed by atoms with van der Waals surface area (Å²) in [7, 11) is 0. The first kappa shape index (κ1) is 11.5. The number of hydrogen-bond acceptors (Lipinski definition) is 4. The Morgan fingerprint density at radius 2 is 2.12 bits per heavy atom. The van der Waals surface area contributed by atoms with Crippen LogP contribution in [-0.4, -0.2) is 30.0 Å². The number of nitro benzene ring substituents is 1. The van der Waals surface area contributed by atoms with Crippen molar-refractivity contribution in [3.8, 4) is 0 Å². The molecule has 1 aliphatic rings. The van der Waals surface area contributed by atoms with Crippen LogP contribution in [-0.2, 0) is 0 Å². The SMILES string of the molecule is O=C(N[C@@H]1CCNC1)c1ccc([N+](=O)[O-])cc1. The van der Waals surface area contributed by atoms with Gasteiger partial charge in [0.1, 0.15) is 0 Å². The van der Waals surface area contributed by atoms with Gasteiger partial charge in [0.25, 0.3) is 11.6 Å². The molecule has 0 radical (unpaired) electrons. The lowest BCUT2D eigenvalue weighted by molar-refractivity contribution is -0.384. The van der Waals surface area contributed by atoms with Crippen LogP contribution < -0.4 is 10.6 Å². The van der Waals surface area contributed by atoms with Crippen molar-refractivity contribution < 1.29 is 9.72 Å². The van der Waals surface area contributed by atoms with Gasteiger partial charge >= 0.3 is 0 Å². The quantitative estimate of drug-likeness (QED) is 0.596. The van der Waals surface area contributed by atoms with E-state index in [4.69, 9.17) is 0 Å². The van der Waals surface area contributed by atoms with E-state index < -0.39 is 4.92 Å². The highest BCUT2D eigenvalue weighted by atomic mass is 16.6. The summed E-state index contributed by atoms with van der Waals surface area (Å²) in [6.45, 7) is 1.68. The van der Waals surface area contributed by atoms with Crippen LogP contribution in [0.4, 0.5) is 5.69 Å². The minimum atomic E-state index is -0.484. The average Bonchev–Trinajstić information content (AvgIpc) is 2.82. The van der Waals surface area contributed by atoms with Crippen LogP contribution in [0.25, 0.3) is 0 Å². The van der Waals surface area contributed by atoms with Crippen LogP contribution in [0.3, 0.4) is 0 Å². The van der Waals surface area contributed by atoms with Gasteiger partial charge in [-0.05, 0) is 25.1 Å². The molecule has 0 aromatic heterocycles. The summed E-state index contributed by atoms with van der Waals surface area (Å²) in [6.07, 6.45) is 0.915. The van der Waals surface area contributed by atoms with E-state index in [1.54, 1.807) is 0 Å². The summed E-state index contributed by atoms with van der Waals surface area (Å²) in [6, 6.07) is 5.76. The molecule has 2 N–H and O–H groups in total. The highest BCUT2D eigenvalue weighted by molar-refractivity contribution is 5.94. The van der Waals surface area contributed by atoms with Crippen molar-refractivity contribution in [2.24, 2.45) is 0 Å². The molecule has 1 atom stereocenters. The molecule has 90 valence electrons. The van der Waals surface area contributed by atoms with Gasteiger partial charge in [-0.15, -0.1) is 0 Å². The normalized spacial score (nSPS) is 18.9. The molecule has 0 bridgehead atoms. The van der Waals surface area contributed by atoms with Crippen LogP contribution in [0.2, 0.25) is 0 Å². The topological polar surface area (TPSA) is 84.3 Å². The Hall–Kier alpha value is -1.95. The van der Waals surface area contributed by atoms with Crippen LogP contribution in [0.1, 0.15) is 16.8 Å². The number of rotatable bonds is 3. The maximum atomic E-state index is 11.8. The van der Waals surface area contributed by atoms with Crippen molar-refractivity contribution in [2.45, 2.75) is 12.5 Å². The maximum Gasteiger partial charge on any atom is 0.269 e. The molecule has 6 nitrogen and oxygen atoms in total. The van der Waals surface area contributed by atoms with E-state index in [1.165, 1.54) is 24.3 Å². The predicted octanol–water partition coefficient (Wildman–Crippen LogP) is 0.686. The van der Waals surface area contributed by atoms with Crippen LogP contribution in [0, 0.1) is 10.1 Å². The molecular weight excluding hydrogens is 222 g/mol. The number of carbonyl (C=O) groups excluding carboxylic acids is 1. The number of amides is 1. The predicted molar refractivity (Wildman–Crippen MR) is 61.8 cm³/mol. The van der Waals surface area contributed by atoms with Gasteiger partial charge in [0, 0.05) is 30.3 Å². The molecule has 1 heterocycles. The van der Waals surface area contributed by atoms with E-state index in [0.29, 0.717) is 5.56 Å². The fourth-order valence-electron chi connectivity index (χ4n) is 1.78. The van der Waals surface area contributed by atoms with Gasteiger partial charge in [-0.25, -0.2) is 0 Å². The molecule has 1 aromatic carbocycles. The molecule has 1 aliphatic heterocycles. The monoisotopic (exact) mass is 235 g/mol. The molecule has 0 aliphatic carbocycles. The molecule has 1 aromatic rings. The van der Waals surface area contributed by atoms with Gasteiger partial charge < -0.3 is 10.6 Å². The summed E-state index contributed by atoms with van der Waals surface area (Å²) in [5.41, 5.74) is 0.437. The van der Waals surface area contributed by atoms with Gasteiger partial charge in [-0.3, -0.25) is 14.9 Å². The second-order valence-corrected chi connectivity index (χ2v) is 3.97. The van der Waals surface area contributed by atoms with Gasteiger partial charge in [0.05, 0.1) is 4.92 Å². The summed E-state index contributed by atoms with van der Waals surface area (Å²) in [4.78, 5) is 21.7. The molecule has 17 heavy (non-hydrogen) atoms. The summed E-state index contributed by atoms with van der Waals surface area (Å²) >= 11 is 0. The number of hydrogen-bond donors (Lipinski definition) is 2. The molecule has 0 unspecified atom stereocenters. The lowest BCUT2D eigenvalue weighted by Crippen LogP contribution is -2.36. The highest BCUT2D eigenvalue weighted by Gasteiger charge is 2.17. The van der Waals surface area contributed by atoms with E-state index in [9.17, 15) is 14.9 Å². The zero-order chi connectivity index (χ0) is 12.3. The number of nitro groups is 1. The van der Waals surface area contributed by atoms with Crippen LogP contribution >= 0.6 is 0 Å². The van der Waals surface area contributed by atoms with Gasteiger partial charge in [-0.2, -0.15) is 0 Å². The second-order valence-electron chi connectivity index (χ2n) is 3.97. The molecule has 1 fully saturated rings. The Kier molecular flexibility index (Phi) is 3.34. The minimum Gasteiger partial charge on any atom is -0.348 e. The van der Waals surface area contributed by atoms with E-state index in [1.807, 2.05) is 0 Å². The molecule has 2 rings (SSSR count). The lowest BCUT2D eigenvalue weighted by Gasteiger charge is -2.10. The molecular formula is C11H13N3O3. The first-order chi connectivity index (χ1) is 8.16. The van der Waals surface area contributed by atoms with Crippen LogP contribution in [0.5, 0.6) is 0 Å². The van der Waals surface area contributed by atoms with Crippen LogP contribution in [0.15, 0.2) is 24.3 Å². The third-order valence-electron chi connectivity index (χ3n) is 2.74. The highest BCUT2D eigenvalue weighted by Crippen LogP contribution is 2.12. The minimum absolute atomic E-state index is 0.0101. The van der Waals surface area contributed by atoms with E-state index in [-0.39, 0.29) is 17.6 Å². The van der Waals surface area contributed by atoms with Crippen molar-refractivity contribution in [3.05, 3.63) is 39.9 Å². The maximum absolute atomic E-state index is 11.8. The van der Waals surface area contributed by atoms with Gasteiger partial charge in [-0.1, -0.05) is 0 Å². The van der Waals surface area contributed by atoms with E-state index in [0.717, 1.165) is 19.5 Å². The Labute approximate surface area is 98.2 Å². The van der Waals surface area contributed by atoms with E-state index in [2.05, 4.69) is 10.6 Å². The van der Waals surface area contributed by atoms with Crippen molar-refractivity contribution in [2.75, 3.05) is 13.1 Å². The zero-order valence-corrected chi connectivity index (χ0v) is 9.18. The number of nitrogens with zero attached hydrogens (tertiary/aromatic N) is 1. The first-order valence-corrected chi connectivity index (χ1v) is 5.43. The third-order valence-corrected chi connectivity index (χ3v) is 2.74.